The first-order valence-corrected chi connectivity index (χ1v) is 7.79. The number of benzene rings is 1. The second kappa shape index (κ2) is 7.18. The molecule has 3 atom stereocenters. The van der Waals surface area contributed by atoms with E-state index in [2.05, 4.69) is 9.97 Å². The van der Waals surface area contributed by atoms with Gasteiger partial charge in [-0.25, -0.2) is 14.6 Å². The van der Waals surface area contributed by atoms with Crippen LogP contribution in [0.2, 0.25) is 5.02 Å². The molecule has 1 aliphatic rings. The Hall–Kier alpha value is -2.49. The maximum absolute atomic E-state index is 12.2. The smallest absolute Gasteiger partial charge is 0.354 e. The Morgan fingerprint density at radius 3 is 2.80 bits per heavy atom. The molecule has 1 unspecified atom stereocenters. The van der Waals surface area contributed by atoms with Crippen molar-refractivity contribution in [1.82, 2.24) is 14.5 Å². The van der Waals surface area contributed by atoms with Gasteiger partial charge in [0.15, 0.2) is 0 Å². The molecule has 0 radical (unpaired) electrons. The van der Waals surface area contributed by atoms with Crippen LogP contribution in [0.1, 0.15) is 23.0 Å². The molecule has 0 aliphatic carbocycles. The maximum atomic E-state index is 12.2. The fourth-order valence-electron chi connectivity index (χ4n) is 2.50. The number of aromatic nitrogens is 3. The van der Waals surface area contributed by atoms with Crippen molar-refractivity contribution in [3.63, 3.8) is 0 Å². The zero-order valence-electron chi connectivity index (χ0n) is 12.9. The van der Waals surface area contributed by atoms with Gasteiger partial charge in [-0.15, -0.1) is 0 Å². The highest BCUT2D eigenvalue weighted by Gasteiger charge is 2.39. The number of aliphatic hydroxyl groups is 1. The van der Waals surface area contributed by atoms with Crippen molar-refractivity contribution < 1.29 is 19.4 Å². The van der Waals surface area contributed by atoms with Crippen molar-refractivity contribution in [2.45, 2.75) is 24.9 Å². The van der Waals surface area contributed by atoms with Crippen LogP contribution in [0.25, 0.3) is 0 Å². The highest BCUT2D eigenvalue weighted by atomic mass is 35.5. The number of hydrogen-bond donors (Lipinski definition) is 2. The van der Waals surface area contributed by atoms with Crippen LogP contribution in [0.15, 0.2) is 35.4 Å². The Kier molecular flexibility index (Phi) is 4.98. The summed E-state index contributed by atoms with van der Waals surface area (Å²) in [6.45, 7) is -0.375. The van der Waals surface area contributed by atoms with E-state index in [9.17, 15) is 14.7 Å². The van der Waals surface area contributed by atoms with Gasteiger partial charge >= 0.3 is 11.7 Å². The average molecular weight is 367 g/mol. The van der Waals surface area contributed by atoms with Crippen molar-refractivity contribution >= 4 is 23.5 Å². The molecule has 1 fully saturated rings. The summed E-state index contributed by atoms with van der Waals surface area (Å²) in [6, 6.07) is 6.20. The molecule has 2 aromatic rings. The Bertz CT molecular complexity index is 825. The van der Waals surface area contributed by atoms with E-state index >= 15 is 0 Å². The van der Waals surface area contributed by atoms with Crippen molar-refractivity contribution in [1.29, 1.82) is 0 Å². The molecule has 9 nitrogen and oxygen atoms in total. The molecule has 1 aromatic carbocycles. The van der Waals surface area contributed by atoms with Crippen LogP contribution in [-0.4, -0.2) is 44.4 Å². The third-order valence-electron chi connectivity index (χ3n) is 3.75. The summed E-state index contributed by atoms with van der Waals surface area (Å²) in [5.41, 5.74) is 5.03. The van der Waals surface area contributed by atoms with Crippen molar-refractivity contribution in [3.8, 4) is 0 Å². The lowest BCUT2D eigenvalue weighted by Gasteiger charge is -2.16. The van der Waals surface area contributed by atoms with Gasteiger partial charge in [-0.2, -0.15) is 4.98 Å². The molecular formula is C15H15ClN4O5. The summed E-state index contributed by atoms with van der Waals surface area (Å²) < 4.78 is 12.1. The van der Waals surface area contributed by atoms with E-state index in [1.54, 1.807) is 12.1 Å². The van der Waals surface area contributed by atoms with Gasteiger partial charge in [-0.05, 0) is 24.3 Å². The van der Waals surface area contributed by atoms with Crippen LogP contribution in [0, 0.1) is 0 Å². The molecule has 25 heavy (non-hydrogen) atoms. The summed E-state index contributed by atoms with van der Waals surface area (Å²) in [6.07, 6.45) is -0.910. The first-order valence-electron chi connectivity index (χ1n) is 7.41. The quantitative estimate of drug-likeness (QED) is 0.743. The second-order valence-corrected chi connectivity index (χ2v) is 5.84. The molecule has 2 heterocycles. The summed E-state index contributed by atoms with van der Waals surface area (Å²) in [5.74, 6) is -0.728. The van der Waals surface area contributed by atoms with E-state index in [-0.39, 0.29) is 19.0 Å². The van der Waals surface area contributed by atoms with Crippen LogP contribution >= 0.6 is 11.6 Å². The van der Waals surface area contributed by atoms with Crippen molar-refractivity contribution in [2.75, 3.05) is 12.3 Å². The summed E-state index contributed by atoms with van der Waals surface area (Å²) in [7, 11) is 0. The summed E-state index contributed by atoms with van der Waals surface area (Å²) in [5, 5.41) is 9.96. The average Bonchev–Trinajstić information content (AvgIpc) is 2.98. The molecule has 3 rings (SSSR count). The van der Waals surface area contributed by atoms with E-state index in [4.69, 9.17) is 26.8 Å². The lowest BCUT2D eigenvalue weighted by molar-refractivity contribution is -0.0524. The Morgan fingerprint density at radius 1 is 1.44 bits per heavy atom. The molecule has 1 saturated heterocycles. The van der Waals surface area contributed by atoms with Gasteiger partial charge in [-0.3, -0.25) is 4.57 Å². The number of hydrogen-bond acceptors (Lipinski definition) is 8. The molecule has 10 heteroatoms. The third kappa shape index (κ3) is 3.78. The molecule has 132 valence electrons. The van der Waals surface area contributed by atoms with Crippen LogP contribution in [0.5, 0.6) is 0 Å². The lowest BCUT2D eigenvalue weighted by Crippen LogP contribution is -2.30. The number of carbonyl (C=O) groups excluding carboxylic acids is 1. The largest absolute Gasteiger partial charge is 0.456 e. The Morgan fingerprint density at radius 2 is 2.16 bits per heavy atom. The normalized spacial score (nSPS) is 22.7. The number of esters is 1. The third-order valence-corrected chi connectivity index (χ3v) is 4.01. The molecule has 0 bridgehead atoms. The fraction of sp³-hybridized carbons (Fsp3) is 0.333. The molecule has 3 N–H and O–H groups in total. The number of halogens is 1. The van der Waals surface area contributed by atoms with Gasteiger partial charge in [0.1, 0.15) is 24.8 Å². The summed E-state index contributed by atoms with van der Waals surface area (Å²) >= 11 is 5.79. The summed E-state index contributed by atoms with van der Waals surface area (Å²) in [4.78, 5) is 31.4. The standard InChI is InChI=1S/C15H15ClN4O5/c16-9-3-1-8(2-4-9)13(22)25-10-5-12(24-11(10)6-21)20-7-18-14(17)19-15(20)23/h1-4,7,10-12,21H,5-6H2,(H2,17,19,23)/t10?,11-,12-/m1/s1. The van der Waals surface area contributed by atoms with Gasteiger partial charge in [0.2, 0.25) is 5.95 Å². The van der Waals surface area contributed by atoms with E-state index in [0.717, 1.165) is 4.57 Å². The Balaban J connectivity index is 1.74. The monoisotopic (exact) mass is 366 g/mol. The first kappa shape index (κ1) is 17.3. The maximum Gasteiger partial charge on any atom is 0.354 e. The van der Waals surface area contributed by atoms with Gasteiger partial charge in [0, 0.05) is 11.4 Å². The lowest BCUT2D eigenvalue weighted by atomic mass is 10.1. The van der Waals surface area contributed by atoms with E-state index in [0.29, 0.717) is 10.6 Å². The SMILES string of the molecule is Nc1ncn([C@H]2CC(OC(=O)c3ccc(Cl)cc3)[C@@H](CO)O2)c(=O)n1. The minimum atomic E-state index is -0.772. The first-order chi connectivity index (χ1) is 12.0. The second-order valence-electron chi connectivity index (χ2n) is 5.40. The van der Waals surface area contributed by atoms with E-state index < -0.39 is 30.1 Å². The predicted molar refractivity (Wildman–Crippen MR) is 87.0 cm³/mol. The molecule has 1 aromatic heterocycles. The van der Waals surface area contributed by atoms with Gasteiger partial charge < -0.3 is 20.3 Å². The van der Waals surface area contributed by atoms with Crippen LogP contribution in [-0.2, 0) is 9.47 Å². The number of aliphatic hydroxyl groups excluding tert-OH is 1. The van der Waals surface area contributed by atoms with Crippen molar-refractivity contribution in [3.05, 3.63) is 51.7 Å². The van der Waals surface area contributed by atoms with Gasteiger partial charge in [-0.1, -0.05) is 11.6 Å². The van der Waals surface area contributed by atoms with Crippen LogP contribution < -0.4 is 11.4 Å². The predicted octanol–water partition coefficient (Wildman–Crippen LogP) is 0.379. The minimum absolute atomic E-state index is 0.149. The zero-order valence-corrected chi connectivity index (χ0v) is 13.7. The van der Waals surface area contributed by atoms with Crippen LogP contribution in [0.4, 0.5) is 5.95 Å². The van der Waals surface area contributed by atoms with Crippen LogP contribution in [0.3, 0.4) is 0 Å². The van der Waals surface area contributed by atoms with Gasteiger partial charge in [0.05, 0.1) is 12.2 Å². The topological polar surface area (TPSA) is 130 Å². The zero-order chi connectivity index (χ0) is 18.0. The number of rotatable bonds is 4. The number of ether oxygens (including phenoxy) is 2. The molecule has 0 spiro atoms. The number of nitrogen functional groups attached to an aromatic ring is 1. The number of nitrogens with zero attached hydrogens (tertiary/aromatic N) is 3. The molecule has 0 saturated carbocycles. The van der Waals surface area contributed by atoms with E-state index in [1.165, 1.54) is 18.5 Å². The Labute approximate surface area is 147 Å². The minimum Gasteiger partial charge on any atom is -0.456 e. The molecule has 0 amide bonds. The van der Waals surface area contributed by atoms with Gasteiger partial charge in [0.25, 0.3) is 0 Å². The van der Waals surface area contributed by atoms with Crippen molar-refractivity contribution in [2.24, 2.45) is 0 Å². The number of anilines is 1. The fourth-order valence-corrected chi connectivity index (χ4v) is 2.63. The molecular weight excluding hydrogens is 352 g/mol. The number of nitrogens with two attached hydrogens (primary N) is 1. The highest BCUT2D eigenvalue weighted by molar-refractivity contribution is 6.30. The molecule has 1 aliphatic heterocycles. The van der Waals surface area contributed by atoms with E-state index in [1.807, 2.05) is 0 Å². The number of carbonyl (C=O) groups is 1. The highest BCUT2D eigenvalue weighted by Crippen LogP contribution is 2.30.